The van der Waals surface area contributed by atoms with Crippen LogP contribution in [0.4, 0.5) is 0 Å². The van der Waals surface area contributed by atoms with Crippen LogP contribution in [0.15, 0.2) is 33.3 Å². The highest BCUT2D eigenvalue weighted by Crippen LogP contribution is 2.51. The van der Waals surface area contributed by atoms with E-state index in [9.17, 15) is 8.42 Å². The summed E-state index contributed by atoms with van der Waals surface area (Å²) in [5.74, 6) is 0. The molecule has 0 spiro atoms. The van der Waals surface area contributed by atoms with Crippen molar-refractivity contribution in [3.05, 3.63) is 33.3 Å². The van der Waals surface area contributed by atoms with Crippen LogP contribution < -0.4 is 0 Å². The molecule has 1 aliphatic carbocycles. The molecule has 0 aromatic rings. The summed E-state index contributed by atoms with van der Waals surface area (Å²) in [7, 11) is -4.81. The molecule has 0 saturated heterocycles. The van der Waals surface area contributed by atoms with E-state index in [1.807, 2.05) is 0 Å². The van der Waals surface area contributed by atoms with Crippen LogP contribution in [-0.4, -0.2) is 22.6 Å². The van der Waals surface area contributed by atoms with Gasteiger partial charge < -0.3 is 0 Å². The number of halogens is 5. The van der Waals surface area contributed by atoms with Crippen molar-refractivity contribution in [3.63, 3.8) is 0 Å². The molecule has 1 N–H and O–H groups in total. The van der Waals surface area contributed by atoms with E-state index in [1.165, 1.54) is 6.08 Å². The maximum absolute atomic E-state index is 11.3. The summed E-state index contributed by atoms with van der Waals surface area (Å²) in [6.45, 7) is 3.43. The van der Waals surface area contributed by atoms with Crippen LogP contribution in [0.1, 0.15) is 0 Å². The summed E-state index contributed by atoms with van der Waals surface area (Å²) in [6.07, 6.45) is 1.25. The molecule has 2 unspecified atom stereocenters. The fraction of sp³-hybridized carbons (Fsp3) is 0.250. The van der Waals surface area contributed by atoms with Gasteiger partial charge in [-0.1, -0.05) is 59.1 Å². The first-order chi connectivity index (χ1) is 7.59. The average molecular weight is 358 g/mol. The molecule has 0 fully saturated rings. The van der Waals surface area contributed by atoms with Gasteiger partial charge in [0, 0.05) is 10.6 Å². The summed E-state index contributed by atoms with van der Waals surface area (Å²) in [4.78, 5) is 0. The second kappa shape index (κ2) is 4.93. The van der Waals surface area contributed by atoms with Gasteiger partial charge in [-0.15, -0.1) is 11.6 Å². The maximum atomic E-state index is 11.3. The van der Waals surface area contributed by atoms with Gasteiger partial charge >= 0.3 is 0 Å². The summed E-state index contributed by atoms with van der Waals surface area (Å²) in [5, 5.41) is -2.40. The third-order valence-electron chi connectivity index (χ3n) is 2.11. The van der Waals surface area contributed by atoms with E-state index in [-0.39, 0.29) is 15.6 Å². The largest absolute Gasteiger partial charge is 0.292 e. The van der Waals surface area contributed by atoms with Gasteiger partial charge in [0.05, 0.1) is 10.1 Å². The Labute approximate surface area is 123 Å². The van der Waals surface area contributed by atoms with Gasteiger partial charge in [0.1, 0.15) is 5.38 Å². The molecule has 0 bridgehead atoms. The van der Waals surface area contributed by atoms with E-state index in [0.29, 0.717) is 0 Å². The maximum Gasteiger partial charge on any atom is 0.292 e. The zero-order valence-corrected chi connectivity index (χ0v) is 12.5. The molecule has 0 saturated carbocycles. The molecule has 0 aromatic heterocycles. The minimum absolute atomic E-state index is 0.163. The van der Waals surface area contributed by atoms with Crippen LogP contribution in [0.25, 0.3) is 0 Å². The van der Waals surface area contributed by atoms with Crippen LogP contribution in [0.3, 0.4) is 0 Å². The van der Waals surface area contributed by atoms with Crippen LogP contribution in [0.2, 0.25) is 0 Å². The third kappa shape index (κ3) is 2.25. The zero-order valence-electron chi connectivity index (χ0n) is 7.92. The molecule has 9 heteroatoms. The van der Waals surface area contributed by atoms with Crippen molar-refractivity contribution in [2.45, 2.75) is 9.58 Å². The molecule has 2 atom stereocenters. The molecule has 1 rings (SSSR count). The van der Waals surface area contributed by atoms with Crippen LogP contribution in [0.5, 0.6) is 0 Å². The Morgan fingerprint density at radius 1 is 1.35 bits per heavy atom. The van der Waals surface area contributed by atoms with Crippen molar-refractivity contribution in [2.75, 3.05) is 0 Å². The Kier molecular flexibility index (Phi) is 4.53. The van der Waals surface area contributed by atoms with E-state index >= 15 is 0 Å². The lowest BCUT2D eigenvalue weighted by molar-refractivity contribution is 0.467. The lowest BCUT2D eigenvalue weighted by Gasteiger charge is -2.33. The number of hydrogen-bond donors (Lipinski definition) is 1. The Bertz CT molecular complexity index is 535. The van der Waals surface area contributed by atoms with E-state index in [4.69, 9.17) is 62.6 Å². The Balaban J connectivity index is 3.66. The molecule has 0 aromatic carbocycles. The first-order valence-corrected chi connectivity index (χ1v) is 7.36. The lowest BCUT2D eigenvalue weighted by Crippen LogP contribution is -2.44. The van der Waals surface area contributed by atoms with Crippen LogP contribution in [0, 0.1) is 0 Å². The van der Waals surface area contributed by atoms with Gasteiger partial charge in [-0.05, 0) is 0 Å². The first-order valence-electron chi connectivity index (χ1n) is 3.97. The third-order valence-corrected chi connectivity index (χ3v) is 6.80. The molecule has 1 aliphatic rings. The van der Waals surface area contributed by atoms with Gasteiger partial charge in [0.25, 0.3) is 10.1 Å². The van der Waals surface area contributed by atoms with E-state index < -0.39 is 24.7 Å². The highest BCUT2D eigenvalue weighted by Gasteiger charge is 2.55. The standard InChI is InChI=1S/C8H5Cl5O3S/c1-2-3-4(9)6(11)8(13,17(14,15)16)7(12)5(3)10/h2,6H,1H2,(H,14,15,16). The second-order valence-electron chi connectivity index (χ2n) is 3.08. The number of hydrogen-bond acceptors (Lipinski definition) is 2. The van der Waals surface area contributed by atoms with Gasteiger partial charge in [-0.25, -0.2) is 0 Å². The Hall–Kier alpha value is 0.580. The predicted octanol–water partition coefficient (Wildman–Crippen LogP) is 3.80. The molecule has 0 heterocycles. The first kappa shape index (κ1) is 15.6. The van der Waals surface area contributed by atoms with E-state index in [1.54, 1.807) is 0 Å². The Morgan fingerprint density at radius 3 is 2.18 bits per heavy atom. The fourth-order valence-electron chi connectivity index (χ4n) is 1.21. The number of allylic oxidation sites excluding steroid dienone is 4. The molecule has 96 valence electrons. The molecule has 0 aliphatic heterocycles. The second-order valence-corrected chi connectivity index (χ2v) is 7.09. The van der Waals surface area contributed by atoms with Gasteiger partial charge in [0.2, 0.25) is 4.21 Å². The monoisotopic (exact) mass is 356 g/mol. The predicted molar refractivity (Wildman–Crippen MR) is 71.6 cm³/mol. The molecule has 3 nitrogen and oxygen atoms in total. The quantitative estimate of drug-likeness (QED) is 0.603. The number of rotatable bonds is 2. The highest BCUT2D eigenvalue weighted by molar-refractivity contribution is 7.89. The molecule has 0 radical (unpaired) electrons. The summed E-state index contributed by atoms with van der Waals surface area (Å²) in [6, 6.07) is 0. The van der Waals surface area contributed by atoms with Crippen molar-refractivity contribution in [1.82, 2.24) is 0 Å². The number of alkyl halides is 2. The zero-order chi connectivity index (χ0) is 13.6. The normalized spacial score (nSPS) is 30.8. The summed E-state index contributed by atoms with van der Waals surface area (Å²) >= 11 is 28.9. The smallest absolute Gasteiger partial charge is 0.284 e. The Morgan fingerprint density at radius 2 is 1.82 bits per heavy atom. The van der Waals surface area contributed by atoms with Crippen LogP contribution >= 0.6 is 58.0 Å². The van der Waals surface area contributed by atoms with Crippen molar-refractivity contribution >= 4 is 68.1 Å². The van der Waals surface area contributed by atoms with Crippen molar-refractivity contribution in [2.24, 2.45) is 0 Å². The van der Waals surface area contributed by atoms with E-state index in [0.717, 1.165) is 0 Å². The van der Waals surface area contributed by atoms with Crippen molar-refractivity contribution in [1.29, 1.82) is 0 Å². The summed E-state index contributed by atoms with van der Waals surface area (Å²) in [5.41, 5.74) is 0.165. The molecular formula is C8H5Cl5O3S. The minimum Gasteiger partial charge on any atom is -0.284 e. The van der Waals surface area contributed by atoms with E-state index in [2.05, 4.69) is 6.58 Å². The molecule has 17 heavy (non-hydrogen) atoms. The fourth-order valence-corrected chi connectivity index (χ4v) is 4.19. The van der Waals surface area contributed by atoms with Crippen LogP contribution in [-0.2, 0) is 10.1 Å². The highest BCUT2D eigenvalue weighted by atomic mass is 35.5. The topological polar surface area (TPSA) is 54.4 Å². The minimum atomic E-state index is -4.81. The van der Waals surface area contributed by atoms with Gasteiger partial charge in [-0.2, -0.15) is 8.42 Å². The molecular weight excluding hydrogens is 353 g/mol. The SMILES string of the molecule is C=CC1=C(Cl)C(Cl)C(Cl)(S(=O)(=O)O)C(Cl)=C1Cl. The van der Waals surface area contributed by atoms with Gasteiger partial charge in [-0.3, -0.25) is 4.55 Å². The van der Waals surface area contributed by atoms with Gasteiger partial charge in [0.15, 0.2) is 0 Å². The lowest BCUT2D eigenvalue weighted by atomic mass is 10.1. The summed E-state index contributed by atoms with van der Waals surface area (Å²) < 4.78 is 29.1. The van der Waals surface area contributed by atoms with Crippen molar-refractivity contribution in [3.8, 4) is 0 Å². The molecule has 0 amide bonds. The average Bonchev–Trinajstić information content (AvgIpc) is 2.23. The van der Waals surface area contributed by atoms with Crippen molar-refractivity contribution < 1.29 is 13.0 Å².